The first kappa shape index (κ1) is 12.2. The number of rotatable bonds is 2. The lowest BCUT2D eigenvalue weighted by Crippen LogP contribution is -2.26. The van der Waals surface area contributed by atoms with E-state index in [4.69, 9.17) is 5.73 Å². The molecule has 5 heteroatoms. The lowest BCUT2D eigenvalue weighted by Gasteiger charge is -2.13. The van der Waals surface area contributed by atoms with E-state index in [1.165, 1.54) is 22.5 Å². The molecule has 0 saturated heterocycles. The molecule has 1 aromatic carbocycles. The minimum Gasteiger partial charge on any atom is -0.399 e. The maximum absolute atomic E-state index is 12.1. The average molecular weight is 273 g/mol. The van der Waals surface area contributed by atoms with E-state index in [-0.39, 0.29) is 11.9 Å². The fraction of sp³-hybridized carbons (Fsp3) is 0.286. The Bertz CT molecular complexity index is 635. The summed E-state index contributed by atoms with van der Waals surface area (Å²) in [5.41, 5.74) is 8.98. The van der Waals surface area contributed by atoms with Crippen LogP contribution in [-0.4, -0.2) is 10.9 Å². The molecule has 1 aliphatic carbocycles. The number of nitrogens with two attached hydrogens (primary N) is 1. The number of nitrogen functional groups attached to an aromatic ring is 1. The molecule has 0 bridgehead atoms. The third-order valence-corrected chi connectivity index (χ3v) is 4.31. The summed E-state index contributed by atoms with van der Waals surface area (Å²) in [5, 5.41) is 3.98. The van der Waals surface area contributed by atoms with Crippen LogP contribution >= 0.6 is 11.3 Å². The molecule has 19 heavy (non-hydrogen) atoms. The Balaban J connectivity index is 1.78. The molecule has 1 unspecified atom stereocenters. The number of aryl methyl sites for hydroxylation is 2. The zero-order valence-corrected chi connectivity index (χ0v) is 11.5. The first-order valence-electron chi connectivity index (χ1n) is 6.25. The van der Waals surface area contributed by atoms with Crippen molar-refractivity contribution in [2.75, 3.05) is 5.73 Å². The van der Waals surface area contributed by atoms with Crippen molar-refractivity contribution in [2.45, 2.75) is 25.8 Å². The first-order chi connectivity index (χ1) is 9.13. The van der Waals surface area contributed by atoms with Crippen molar-refractivity contribution in [3.63, 3.8) is 0 Å². The number of nitrogens with one attached hydrogen (secondary N) is 1. The number of hydrogen-bond donors (Lipinski definition) is 2. The number of benzene rings is 1. The topological polar surface area (TPSA) is 68.0 Å². The molecule has 0 fully saturated rings. The summed E-state index contributed by atoms with van der Waals surface area (Å²) >= 11 is 1.42. The Labute approximate surface area is 115 Å². The Morgan fingerprint density at radius 2 is 2.37 bits per heavy atom. The molecule has 98 valence electrons. The molecule has 2 aromatic rings. The van der Waals surface area contributed by atoms with E-state index in [0.29, 0.717) is 4.88 Å². The monoisotopic (exact) mass is 273 g/mol. The van der Waals surface area contributed by atoms with Crippen LogP contribution in [0.3, 0.4) is 0 Å². The molecule has 0 saturated carbocycles. The number of amides is 1. The van der Waals surface area contributed by atoms with Gasteiger partial charge in [-0.15, -0.1) is 11.3 Å². The van der Waals surface area contributed by atoms with E-state index in [9.17, 15) is 4.79 Å². The van der Waals surface area contributed by atoms with E-state index >= 15 is 0 Å². The second-order valence-corrected chi connectivity index (χ2v) is 6.00. The number of carbonyl (C=O) groups is 1. The van der Waals surface area contributed by atoms with Gasteiger partial charge in [0.1, 0.15) is 4.88 Å². The van der Waals surface area contributed by atoms with Gasteiger partial charge in [-0.25, -0.2) is 4.98 Å². The highest BCUT2D eigenvalue weighted by molar-refractivity contribution is 7.13. The maximum Gasteiger partial charge on any atom is 0.263 e. The summed E-state index contributed by atoms with van der Waals surface area (Å²) in [5.74, 6) is -0.0414. The zero-order chi connectivity index (χ0) is 13.4. The second-order valence-electron chi connectivity index (χ2n) is 4.77. The summed E-state index contributed by atoms with van der Waals surface area (Å²) in [6.07, 6.45) is 3.53. The number of hydrogen-bond acceptors (Lipinski definition) is 4. The van der Waals surface area contributed by atoms with Crippen molar-refractivity contribution in [3.8, 4) is 0 Å². The van der Waals surface area contributed by atoms with E-state index < -0.39 is 0 Å². The highest BCUT2D eigenvalue weighted by Crippen LogP contribution is 2.32. The number of fused-ring (bicyclic) bond motifs is 1. The number of aromatic nitrogens is 1. The van der Waals surface area contributed by atoms with Crippen molar-refractivity contribution in [1.82, 2.24) is 10.3 Å². The largest absolute Gasteiger partial charge is 0.399 e. The Kier molecular flexibility index (Phi) is 2.98. The van der Waals surface area contributed by atoms with Crippen LogP contribution in [0.15, 0.2) is 24.4 Å². The molecular weight excluding hydrogens is 258 g/mol. The van der Waals surface area contributed by atoms with Crippen LogP contribution in [0.5, 0.6) is 0 Å². The minimum absolute atomic E-state index is 0.0414. The van der Waals surface area contributed by atoms with Crippen molar-refractivity contribution in [1.29, 1.82) is 0 Å². The molecule has 1 heterocycles. The van der Waals surface area contributed by atoms with Gasteiger partial charge in [0, 0.05) is 5.69 Å². The summed E-state index contributed by atoms with van der Waals surface area (Å²) in [7, 11) is 0. The summed E-state index contributed by atoms with van der Waals surface area (Å²) < 4.78 is 0. The Morgan fingerprint density at radius 1 is 1.53 bits per heavy atom. The maximum atomic E-state index is 12.1. The van der Waals surface area contributed by atoms with Gasteiger partial charge in [-0.3, -0.25) is 4.79 Å². The highest BCUT2D eigenvalue weighted by Gasteiger charge is 2.24. The normalized spacial score (nSPS) is 17.2. The van der Waals surface area contributed by atoms with Gasteiger partial charge >= 0.3 is 0 Å². The fourth-order valence-electron chi connectivity index (χ4n) is 2.48. The lowest BCUT2D eigenvalue weighted by atomic mass is 10.1. The standard InChI is InChI=1S/C14H15N3OS/c1-8-16-7-13(19-8)14(18)17-12-5-2-9-6-10(15)3-4-11(9)12/h3-4,6-7,12H,2,5,15H2,1H3,(H,17,18). The molecule has 1 aliphatic rings. The van der Waals surface area contributed by atoms with Gasteiger partial charge in [0.15, 0.2) is 0 Å². The van der Waals surface area contributed by atoms with Gasteiger partial charge in [0.05, 0.1) is 17.2 Å². The van der Waals surface area contributed by atoms with Gasteiger partial charge in [0.2, 0.25) is 0 Å². The van der Waals surface area contributed by atoms with Gasteiger partial charge < -0.3 is 11.1 Å². The van der Waals surface area contributed by atoms with Gasteiger partial charge in [-0.1, -0.05) is 6.07 Å². The summed E-state index contributed by atoms with van der Waals surface area (Å²) in [6.45, 7) is 1.90. The van der Waals surface area contributed by atoms with Crippen molar-refractivity contribution in [2.24, 2.45) is 0 Å². The molecule has 3 rings (SSSR count). The van der Waals surface area contributed by atoms with E-state index in [1.807, 2.05) is 25.1 Å². The van der Waals surface area contributed by atoms with E-state index in [1.54, 1.807) is 6.20 Å². The second kappa shape index (κ2) is 4.66. The fourth-order valence-corrected chi connectivity index (χ4v) is 3.16. The predicted octanol–water partition coefficient (Wildman–Crippen LogP) is 2.45. The molecular formula is C14H15N3OS. The molecule has 1 atom stereocenters. The van der Waals surface area contributed by atoms with Crippen molar-refractivity contribution in [3.05, 3.63) is 45.4 Å². The van der Waals surface area contributed by atoms with Crippen LogP contribution in [0, 0.1) is 6.92 Å². The molecule has 3 N–H and O–H groups in total. The van der Waals surface area contributed by atoms with Crippen molar-refractivity contribution < 1.29 is 4.79 Å². The summed E-state index contributed by atoms with van der Waals surface area (Å²) in [4.78, 5) is 16.9. The van der Waals surface area contributed by atoms with Crippen LogP contribution in [-0.2, 0) is 6.42 Å². The smallest absolute Gasteiger partial charge is 0.263 e. The van der Waals surface area contributed by atoms with Crippen LogP contribution in [0.25, 0.3) is 0 Å². The third-order valence-electron chi connectivity index (χ3n) is 3.40. The number of carbonyl (C=O) groups excluding carboxylic acids is 1. The lowest BCUT2D eigenvalue weighted by molar-refractivity contribution is 0.0940. The van der Waals surface area contributed by atoms with Crippen LogP contribution in [0.1, 0.15) is 38.3 Å². The van der Waals surface area contributed by atoms with Crippen LogP contribution in [0.4, 0.5) is 5.69 Å². The molecule has 1 amide bonds. The average Bonchev–Trinajstić information content (AvgIpc) is 2.96. The number of anilines is 1. The van der Waals surface area contributed by atoms with E-state index in [0.717, 1.165) is 23.5 Å². The summed E-state index contributed by atoms with van der Waals surface area (Å²) in [6, 6.07) is 5.99. The van der Waals surface area contributed by atoms with Crippen LogP contribution in [0.2, 0.25) is 0 Å². The van der Waals surface area contributed by atoms with Crippen molar-refractivity contribution >= 4 is 22.9 Å². The third kappa shape index (κ3) is 2.33. The predicted molar refractivity (Wildman–Crippen MR) is 76.2 cm³/mol. The Hall–Kier alpha value is -1.88. The highest BCUT2D eigenvalue weighted by atomic mass is 32.1. The van der Waals surface area contributed by atoms with Gasteiger partial charge in [-0.2, -0.15) is 0 Å². The molecule has 0 radical (unpaired) electrons. The zero-order valence-electron chi connectivity index (χ0n) is 10.6. The number of nitrogens with zero attached hydrogens (tertiary/aromatic N) is 1. The Morgan fingerprint density at radius 3 is 3.11 bits per heavy atom. The van der Waals surface area contributed by atoms with E-state index in [2.05, 4.69) is 10.3 Å². The van der Waals surface area contributed by atoms with Gasteiger partial charge in [0.25, 0.3) is 5.91 Å². The number of thiazole rings is 1. The van der Waals surface area contributed by atoms with Crippen LogP contribution < -0.4 is 11.1 Å². The minimum atomic E-state index is -0.0414. The van der Waals surface area contributed by atoms with Gasteiger partial charge in [-0.05, 0) is 43.0 Å². The SMILES string of the molecule is Cc1ncc(C(=O)NC2CCc3cc(N)ccc32)s1. The quantitative estimate of drug-likeness (QED) is 0.826. The molecule has 4 nitrogen and oxygen atoms in total. The molecule has 0 spiro atoms. The first-order valence-corrected chi connectivity index (χ1v) is 7.07. The molecule has 0 aliphatic heterocycles. The molecule has 1 aromatic heterocycles.